The summed E-state index contributed by atoms with van der Waals surface area (Å²) >= 11 is 11.6. The molecule has 0 radical (unpaired) electrons. The van der Waals surface area contributed by atoms with Crippen LogP contribution in [0.25, 0.3) is 0 Å². The van der Waals surface area contributed by atoms with Crippen LogP contribution in [0.3, 0.4) is 0 Å². The number of aliphatic imine (C=N–C) groups is 1. The fourth-order valence-electron chi connectivity index (χ4n) is 1.15. The first-order valence-corrected chi connectivity index (χ1v) is 4.21. The highest BCUT2D eigenvalue weighted by Crippen LogP contribution is 2.24. The fraction of sp³-hybridized carbons (Fsp3) is 0.286. The van der Waals surface area contributed by atoms with E-state index in [0.29, 0.717) is 10.3 Å². The van der Waals surface area contributed by atoms with Gasteiger partial charge < -0.3 is 0 Å². The maximum absolute atomic E-state index is 5.81. The first kappa shape index (κ1) is 7.95. The van der Waals surface area contributed by atoms with Gasteiger partial charge in [-0.3, -0.25) is 4.99 Å². The molecule has 5 heteroatoms. The van der Waals surface area contributed by atoms with Crippen molar-refractivity contribution in [3.63, 3.8) is 0 Å². The Balaban J connectivity index is 2.38. The summed E-state index contributed by atoms with van der Waals surface area (Å²) in [4.78, 5) is 4.14. The Morgan fingerprint density at radius 2 is 1.92 bits per heavy atom. The van der Waals surface area contributed by atoms with Crippen molar-refractivity contribution >= 4 is 39.8 Å². The molecule has 2 aliphatic heterocycles. The molecule has 2 rings (SSSR count). The first-order valence-electron chi connectivity index (χ1n) is 3.45. The summed E-state index contributed by atoms with van der Waals surface area (Å²) in [5.74, 6) is -0.0262. The molecule has 3 nitrogen and oxygen atoms in total. The maximum atomic E-state index is 5.81. The van der Waals surface area contributed by atoms with Gasteiger partial charge in [0.25, 0.3) is 0 Å². The topological polar surface area (TPSA) is 37.1 Å². The Labute approximate surface area is 79.5 Å². The van der Waals surface area contributed by atoms with Crippen LogP contribution in [0.15, 0.2) is 27.3 Å². The lowest BCUT2D eigenvalue weighted by molar-refractivity contribution is 0.752. The van der Waals surface area contributed by atoms with Crippen molar-refractivity contribution in [1.29, 1.82) is 0 Å². The van der Waals surface area contributed by atoms with Crippen LogP contribution in [-0.4, -0.2) is 22.6 Å². The quantitative estimate of drug-likeness (QED) is 0.574. The number of hydrogen-bond donors (Lipinski definition) is 0. The number of nitrogens with zero attached hydrogens (tertiary/aromatic N) is 3. The van der Waals surface area contributed by atoms with E-state index in [9.17, 15) is 0 Å². The summed E-state index contributed by atoms with van der Waals surface area (Å²) in [6.45, 7) is 0. The van der Waals surface area contributed by atoms with Crippen LogP contribution in [0.1, 0.15) is 0 Å². The van der Waals surface area contributed by atoms with Gasteiger partial charge in [0, 0.05) is 6.21 Å². The number of rotatable bonds is 0. The molecule has 2 atom stereocenters. The Kier molecular flexibility index (Phi) is 1.98. The van der Waals surface area contributed by atoms with E-state index in [2.05, 4.69) is 15.2 Å². The third-order valence-corrected chi connectivity index (χ3v) is 2.38. The Bertz CT molecular complexity index is 285. The number of hydrogen-bond acceptors (Lipinski definition) is 3. The van der Waals surface area contributed by atoms with Crippen LogP contribution >= 0.6 is 23.2 Å². The molecule has 0 fully saturated rings. The summed E-state index contributed by atoms with van der Waals surface area (Å²) in [6, 6.07) is -0.165. The second kappa shape index (κ2) is 2.99. The molecule has 0 saturated carbocycles. The second-order valence-corrected chi connectivity index (χ2v) is 3.27. The second-order valence-electron chi connectivity index (χ2n) is 2.50. The lowest BCUT2D eigenvalue weighted by atomic mass is 9.99. The van der Waals surface area contributed by atoms with E-state index in [4.69, 9.17) is 23.2 Å². The molecule has 0 amide bonds. The van der Waals surface area contributed by atoms with Crippen molar-refractivity contribution in [2.24, 2.45) is 21.1 Å². The standard InChI is InChI=1S/C7H5Cl2N3/c8-6-4-2-1-3-10-5(4)7(9)12-11-6/h1-5H. The summed E-state index contributed by atoms with van der Waals surface area (Å²) in [5, 5.41) is 8.23. The van der Waals surface area contributed by atoms with Crippen molar-refractivity contribution < 1.29 is 0 Å². The lowest BCUT2D eigenvalue weighted by Gasteiger charge is -2.22. The van der Waals surface area contributed by atoms with E-state index in [0.717, 1.165) is 0 Å². The first-order chi connectivity index (χ1) is 5.79. The van der Waals surface area contributed by atoms with E-state index in [-0.39, 0.29) is 12.0 Å². The van der Waals surface area contributed by atoms with Gasteiger partial charge >= 0.3 is 0 Å². The Hall–Kier alpha value is -0.670. The molecule has 62 valence electrons. The molecule has 0 bridgehead atoms. The van der Waals surface area contributed by atoms with Crippen molar-refractivity contribution in [2.75, 3.05) is 0 Å². The Morgan fingerprint density at radius 1 is 1.17 bits per heavy atom. The minimum absolute atomic E-state index is 0.0262. The largest absolute Gasteiger partial charge is 0.281 e. The predicted octanol–water partition coefficient (Wildman–Crippen LogP) is 1.81. The minimum Gasteiger partial charge on any atom is -0.281 e. The molecular weight excluding hydrogens is 197 g/mol. The molecule has 0 N–H and O–H groups in total. The third kappa shape index (κ3) is 1.19. The lowest BCUT2D eigenvalue weighted by Crippen LogP contribution is -2.32. The average molecular weight is 202 g/mol. The molecule has 0 aromatic heterocycles. The highest BCUT2D eigenvalue weighted by atomic mass is 35.5. The van der Waals surface area contributed by atoms with Gasteiger partial charge in [-0.05, 0) is 6.08 Å². The van der Waals surface area contributed by atoms with E-state index in [1.54, 1.807) is 6.21 Å². The summed E-state index contributed by atoms with van der Waals surface area (Å²) < 4.78 is 0. The number of dihydropyridines is 1. The molecule has 0 aromatic rings. The van der Waals surface area contributed by atoms with Gasteiger partial charge in [-0.2, -0.15) is 0 Å². The molecule has 0 spiro atoms. The van der Waals surface area contributed by atoms with Crippen molar-refractivity contribution in [2.45, 2.75) is 6.04 Å². The van der Waals surface area contributed by atoms with E-state index < -0.39 is 0 Å². The zero-order valence-corrected chi connectivity index (χ0v) is 7.50. The van der Waals surface area contributed by atoms with Gasteiger partial charge in [0.1, 0.15) is 11.2 Å². The van der Waals surface area contributed by atoms with Crippen molar-refractivity contribution in [3.8, 4) is 0 Å². The third-order valence-electron chi connectivity index (χ3n) is 1.75. The molecule has 2 heterocycles. The highest BCUT2D eigenvalue weighted by molar-refractivity contribution is 6.70. The van der Waals surface area contributed by atoms with E-state index >= 15 is 0 Å². The molecule has 2 unspecified atom stereocenters. The molecule has 2 aliphatic rings. The van der Waals surface area contributed by atoms with Crippen LogP contribution in [0.2, 0.25) is 0 Å². The highest BCUT2D eigenvalue weighted by Gasteiger charge is 2.30. The molecule has 12 heavy (non-hydrogen) atoms. The smallest absolute Gasteiger partial charge is 0.154 e. The van der Waals surface area contributed by atoms with Gasteiger partial charge in [0.15, 0.2) is 5.17 Å². The zero-order valence-electron chi connectivity index (χ0n) is 5.98. The molecule has 0 saturated heterocycles. The Morgan fingerprint density at radius 3 is 2.67 bits per heavy atom. The van der Waals surface area contributed by atoms with Crippen LogP contribution < -0.4 is 0 Å². The summed E-state index contributed by atoms with van der Waals surface area (Å²) in [5.41, 5.74) is 0. The van der Waals surface area contributed by atoms with E-state index in [1.807, 2.05) is 12.2 Å². The summed E-state index contributed by atoms with van der Waals surface area (Å²) in [7, 11) is 0. The SMILES string of the molecule is ClC1=NN=C(Cl)C2N=CC=CC12. The van der Waals surface area contributed by atoms with Gasteiger partial charge in [-0.1, -0.05) is 29.3 Å². The van der Waals surface area contributed by atoms with E-state index in [1.165, 1.54) is 0 Å². The van der Waals surface area contributed by atoms with Gasteiger partial charge in [0.05, 0.1) is 5.92 Å². The van der Waals surface area contributed by atoms with Crippen molar-refractivity contribution in [1.82, 2.24) is 0 Å². The van der Waals surface area contributed by atoms with Crippen LogP contribution in [0.5, 0.6) is 0 Å². The predicted molar refractivity (Wildman–Crippen MR) is 51.5 cm³/mol. The number of halogens is 2. The number of fused-ring (bicyclic) bond motifs is 1. The molecule has 0 aliphatic carbocycles. The molecule has 0 aromatic carbocycles. The van der Waals surface area contributed by atoms with Crippen LogP contribution in [0, 0.1) is 5.92 Å². The maximum Gasteiger partial charge on any atom is 0.154 e. The average Bonchev–Trinajstić information content (AvgIpc) is 2.12. The number of allylic oxidation sites excluding steroid dienone is 1. The van der Waals surface area contributed by atoms with Crippen molar-refractivity contribution in [3.05, 3.63) is 12.2 Å². The fourth-order valence-corrected chi connectivity index (χ4v) is 1.61. The van der Waals surface area contributed by atoms with Crippen LogP contribution in [-0.2, 0) is 0 Å². The minimum atomic E-state index is -0.165. The van der Waals surface area contributed by atoms with Gasteiger partial charge in [-0.15, -0.1) is 10.2 Å². The summed E-state index contributed by atoms with van der Waals surface area (Å²) in [6.07, 6.45) is 5.43. The normalized spacial score (nSPS) is 32.5. The zero-order chi connectivity index (χ0) is 8.55. The van der Waals surface area contributed by atoms with Gasteiger partial charge in [-0.25, -0.2) is 0 Å². The monoisotopic (exact) mass is 201 g/mol. The molecular formula is C7H5Cl2N3. The van der Waals surface area contributed by atoms with Gasteiger partial charge in [0.2, 0.25) is 0 Å². The van der Waals surface area contributed by atoms with Crippen LogP contribution in [0.4, 0.5) is 0 Å².